The van der Waals surface area contributed by atoms with E-state index in [4.69, 9.17) is 5.11 Å². The fraction of sp³-hybridized carbons (Fsp3) is 0.333. The van der Waals surface area contributed by atoms with E-state index >= 15 is 0 Å². The van der Waals surface area contributed by atoms with E-state index in [0.717, 1.165) is 24.3 Å². The molecule has 2 heterocycles. The van der Waals surface area contributed by atoms with Crippen molar-refractivity contribution in [1.29, 1.82) is 0 Å². The SMILES string of the molecule is CN1CC(c2cccc(-c3cc(C(=O)O)nn3C)c2)C1. The van der Waals surface area contributed by atoms with Crippen molar-refractivity contribution in [3.05, 3.63) is 41.6 Å². The lowest BCUT2D eigenvalue weighted by Gasteiger charge is -2.36. The van der Waals surface area contributed by atoms with E-state index in [-0.39, 0.29) is 5.69 Å². The Balaban J connectivity index is 1.94. The molecule has 1 aliphatic heterocycles. The Hall–Kier alpha value is -2.14. The number of likely N-dealkylation sites (tertiary alicyclic amines) is 1. The van der Waals surface area contributed by atoms with Crippen LogP contribution < -0.4 is 0 Å². The Bertz CT molecular complexity index is 657. The first-order chi connectivity index (χ1) is 9.54. The molecule has 1 N–H and O–H groups in total. The van der Waals surface area contributed by atoms with Gasteiger partial charge in [0.05, 0.1) is 5.69 Å². The lowest BCUT2D eigenvalue weighted by atomic mass is 9.90. The summed E-state index contributed by atoms with van der Waals surface area (Å²) in [7, 11) is 3.88. The van der Waals surface area contributed by atoms with Crippen LogP contribution in [0.5, 0.6) is 0 Å². The standard InChI is InChI=1S/C15H17N3O2/c1-17-8-12(9-17)10-4-3-5-11(6-10)14-7-13(15(19)20)16-18(14)2/h3-7,12H,8-9H2,1-2H3,(H,19,20). The van der Waals surface area contributed by atoms with E-state index in [1.54, 1.807) is 17.8 Å². The fourth-order valence-corrected chi connectivity index (χ4v) is 2.70. The summed E-state index contributed by atoms with van der Waals surface area (Å²) in [6.07, 6.45) is 0. The second kappa shape index (κ2) is 4.76. The van der Waals surface area contributed by atoms with Gasteiger partial charge in [-0.25, -0.2) is 4.79 Å². The van der Waals surface area contributed by atoms with E-state index in [9.17, 15) is 4.79 Å². The molecule has 2 aromatic rings. The zero-order valence-electron chi connectivity index (χ0n) is 11.6. The van der Waals surface area contributed by atoms with Crippen LogP contribution in [-0.4, -0.2) is 45.9 Å². The average Bonchev–Trinajstić information content (AvgIpc) is 2.78. The average molecular weight is 271 g/mol. The molecule has 0 bridgehead atoms. The van der Waals surface area contributed by atoms with Crippen LogP contribution in [0.25, 0.3) is 11.3 Å². The molecule has 0 radical (unpaired) electrons. The van der Waals surface area contributed by atoms with Gasteiger partial charge in [-0.15, -0.1) is 0 Å². The number of aromatic carboxylic acids is 1. The Morgan fingerprint density at radius 2 is 2.05 bits per heavy atom. The molecule has 5 nitrogen and oxygen atoms in total. The van der Waals surface area contributed by atoms with Gasteiger partial charge >= 0.3 is 5.97 Å². The molecule has 20 heavy (non-hydrogen) atoms. The predicted octanol–water partition coefficient (Wildman–Crippen LogP) is 1.81. The Kier molecular flexibility index (Phi) is 3.06. The van der Waals surface area contributed by atoms with Gasteiger partial charge in [-0.1, -0.05) is 18.2 Å². The van der Waals surface area contributed by atoms with Crippen molar-refractivity contribution < 1.29 is 9.90 Å². The smallest absolute Gasteiger partial charge is 0.356 e. The molecule has 1 aliphatic rings. The molecule has 1 aromatic heterocycles. The van der Waals surface area contributed by atoms with Gasteiger partial charge in [-0.2, -0.15) is 5.10 Å². The summed E-state index contributed by atoms with van der Waals surface area (Å²) in [5.74, 6) is -0.421. The predicted molar refractivity (Wildman–Crippen MR) is 75.8 cm³/mol. The number of carbonyl (C=O) groups is 1. The highest BCUT2D eigenvalue weighted by Gasteiger charge is 2.25. The number of likely N-dealkylation sites (N-methyl/N-ethyl adjacent to an activating group) is 1. The van der Waals surface area contributed by atoms with Crippen molar-refractivity contribution in [2.75, 3.05) is 20.1 Å². The third kappa shape index (κ3) is 2.20. The van der Waals surface area contributed by atoms with Crippen LogP contribution in [0.15, 0.2) is 30.3 Å². The van der Waals surface area contributed by atoms with Crippen molar-refractivity contribution >= 4 is 5.97 Å². The van der Waals surface area contributed by atoms with Crippen LogP contribution in [0.3, 0.4) is 0 Å². The molecule has 0 atom stereocenters. The van der Waals surface area contributed by atoms with Crippen molar-refractivity contribution in [2.45, 2.75) is 5.92 Å². The minimum absolute atomic E-state index is 0.0799. The van der Waals surface area contributed by atoms with Gasteiger partial charge < -0.3 is 10.0 Å². The first kappa shape index (κ1) is 12.9. The van der Waals surface area contributed by atoms with Crippen molar-refractivity contribution in [1.82, 2.24) is 14.7 Å². The number of hydrogen-bond acceptors (Lipinski definition) is 3. The van der Waals surface area contributed by atoms with Gasteiger partial charge in [-0.05, 0) is 24.7 Å². The Labute approximate surface area is 117 Å². The molecule has 0 amide bonds. The quantitative estimate of drug-likeness (QED) is 0.925. The number of rotatable bonds is 3. The summed E-state index contributed by atoms with van der Waals surface area (Å²) in [5, 5.41) is 13.0. The first-order valence-electron chi connectivity index (χ1n) is 6.61. The molecule has 3 rings (SSSR count). The van der Waals surface area contributed by atoms with Crippen LogP contribution in [0.2, 0.25) is 0 Å². The Morgan fingerprint density at radius 1 is 1.30 bits per heavy atom. The fourth-order valence-electron chi connectivity index (χ4n) is 2.70. The summed E-state index contributed by atoms with van der Waals surface area (Å²) < 4.78 is 1.62. The molecular formula is C15H17N3O2. The van der Waals surface area contributed by atoms with Crippen molar-refractivity contribution in [3.8, 4) is 11.3 Å². The highest BCUT2D eigenvalue weighted by molar-refractivity contribution is 5.87. The lowest BCUT2D eigenvalue weighted by Crippen LogP contribution is -2.41. The largest absolute Gasteiger partial charge is 0.476 e. The summed E-state index contributed by atoms with van der Waals surface area (Å²) in [6.45, 7) is 2.16. The summed E-state index contributed by atoms with van der Waals surface area (Å²) >= 11 is 0. The molecule has 0 aliphatic carbocycles. The third-order valence-corrected chi connectivity index (χ3v) is 3.82. The van der Waals surface area contributed by atoms with Crippen LogP contribution in [0, 0.1) is 0 Å². The maximum Gasteiger partial charge on any atom is 0.356 e. The highest BCUT2D eigenvalue weighted by Crippen LogP contribution is 2.29. The molecule has 1 saturated heterocycles. The van der Waals surface area contributed by atoms with Gasteiger partial charge in [0.1, 0.15) is 0 Å². The molecule has 1 fully saturated rings. The second-order valence-electron chi connectivity index (χ2n) is 5.39. The first-order valence-corrected chi connectivity index (χ1v) is 6.61. The van der Waals surface area contributed by atoms with E-state index in [0.29, 0.717) is 5.92 Å². The molecule has 104 valence electrons. The van der Waals surface area contributed by atoms with Crippen LogP contribution in [0.1, 0.15) is 22.0 Å². The molecule has 0 saturated carbocycles. The number of carboxylic acid groups (broad SMARTS) is 1. The van der Waals surface area contributed by atoms with Gasteiger partial charge in [0.25, 0.3) is 0 Å². The summed E-state index contributed by atoms with van der Waals surface area (Å²) in [4.78, 5) is 13.3. The normalized spacial score (nSPS) is 16.1. The van der Waals surface area contributed by atoms with Gasteiger partial charge in [-0.3, -0.25) is 4.68 Å². The second-order valence-corrected chi connectivity index (χ2v) is 5.39. The maximum atomic E-state index is 11.0. The van der Waals surface area contributed by atoms with Crippen molar-refractivity contribution in [3.63, 3.8) is 0 Å². The monoisotopic (exact) mass is 271 g/mol. The van der Waals surface area contributed by atoms with Crippen LogP contribution >= 0.6 is 0 Å². The zero-order chi connectivity index (χ0) is 14.3. The molecule has 5 heteroatoms. The number of benzene rings is 1. The van der Waals surface area contributed by atoms with E-state index < -0.39 is 5.97 Å². The number of carboxylic acids is 1. The van der Waals surface area contributed by atoms with Gasteiger partial charge in [0.15, 0.2) is 5.69 Å². The van der Waals surface area contributed by atoms with E-state index in [2.05, 4.69) is 29.2 Å². The minimum atomic E-state index is -0.997. The number of aryl methyl sites for hydroxylation is 1. The lowest BCUT2D eigenvalue weighted by molar-refractivity contribution is 0.0689. The van der Waals surface area contributed by atoms with Crippen LogP contribution in [-0.2, 0) is 7.05 Å². The molecular weight excluding hydrogens is 254 g/mol. The van der Waals surface area contributed by atoms with Crippen LogP contribution in [0.4, 0.5) is 0 Å². The number of aromatic nitrogens is 2. The third-order valence-electron chi connectivity index (χ3n) is 3.82. The van der Waals surface area contributed by atoms with Gasteiger partial charge in [0.2, 0.25) is 0 Å². The molecule has 0 unspecified atom stereocenters. The Morgan fingerprint density at radius 3 is 2.65 bits per heavy atom. The summed E-state index contributed by atoms with van der Waals surface area (Å²) in [5.41, 5.74) is 3.23. The number of nitrogens with zero attached hydrogens (tertiary/aromatic N) is 3. The maximum absolute atomic E-state index is 11.0. The van der Waals surface area contributed by atoms with E-state index in [1.165, 1.54) is 5.56 Å². The topological polar surface area (TPSA) is 58.4 Å². The van der Waals surface area contributed by atoms with Gasteiger partial charge in [0, 0.05) is 31.6 Å². The minimum Gasteiger partial charge on any atom is -0.476 e. The number of hydrogen-bond donors (Lipinski definition) is 1. The molecule has 1 aromatic carbocycles. The molecule has 0 spiro atoms. The van der Waals surface area contributed by atoms with Crippen molar-refractivity contribution in [2.24, 2.45) is 7.05 Å². The highest BCUT2D eigenvalue weighted by atomic mass is 16.4. The zero-order valence-corrected chi connectivity index (χ0v) is 11.6. The van der Waals surface area contributed by atoms with E-state index in [1.807, 2.05) is 12.1 Å². The summed E-state index contributed by atoms with van der Waals surface area (Å²) in [6, 6.07) is 9.91.